The quantitative estimate of drug-likeness (QED) is 0.295. The summed E-state index contributed by atoms with van der Waals surface area (Å²) < 4.78 is 2.88. The van der Waals surface area contributed by atoms with E-state index in [0.29, 0.717) is 54.0 Å². The van der Waals surface area contributed by atoms with Gasteiger partial charge in [-0.2, -0.15) is 5.10 Å². The number of benzene rings is 2. The average molecular weight is 670 g/mol. The van der Waals surface area contributed by atoms with Gasteiger partial charge in [0.2, 0.25) is 17.7 Å². The van der Waals surface area contributed by atoms with Crippen molar-refractivity contribution in [1.82, 2.24) is 45.2 Å². The third kappa shape index (κ3) is 8.75. The fourth-order valence-electron chi connectivity index (χ4n) is 5.89. The van der Waals surface area contributed by atoms with Crippen LogP contribution in [0.5, 0.6) is 0 Å². The fourth-order valence-corrected chi connectivity index (χ4v) is 5.89. The molecule has 3 heterocycles. The smallest absolute Gasteiger partial charge is 0.260 e. The summed E-state index contributed by atoms with van der Waals surface area (Å²) in [7, 11) is 1.61. The minimum atomic E-state index is -0.883. The van der Waals surface area contributed by atoms with Crippen LogP contribution in [0.1, 0.15) is 66.7 Å². The second-order valence-corrected chi connectivity index (χ2v) is 12.7. The highest BCUT2D eigenvalue weighted by Gasteiger charge is 2.30. The lowest BCUT2D eigenvalue weighted by atomic mass is 10.0. The van der Waals surface area contributed by atoms with E-state index in [1.165, 1.54) is 15.6 Å². The van der Waals surface area contributed by atoms with Gasteiger partial charge in [0, 0.05) is 45.1 Å². The van der Waals surface area contributed by atoms with E-state index in [1.54, 1.807) is 37.1 Å². The lowest BCUT2D eigenvalue weighted by Gasteiger charge is -2.26. The van der Waals surface area contributed by atoms with E-state index < -0.39 is 12.1 Å². The average Bonchev–Trinajstić information content (AvgIpc) is 3.44. The summed E-state index contributed by atoms with van der Waals surface area (Å²) >= 11 is 0. The molecule has 3 N–H and O–H groups in total. The number of nitrogens with one attached hydrogen (secondary N) is 3. The predicted octanol–water partition coefficient (Wildman–Crippen LogP) is 1.82. The maximum Gasteiger partial charge on any atom is 0.260 e. The molecule has 0 saturated heterocycles. The van der Waals surface area contributed by atoms with Gasteiger partial charge in [0.15, 0.2) is 5.82 Å². The Morgan fingerprint density at radius 1 is 0.980 bits per heavy atom. The molecule has 0 spiro atoms. The molecular weight excluding hydrogens is 626 g/mol. The number of hydrogen-bond donors (Lipinski definition) is 3. The molecule has 2 aromatic carbocycles. The van der Waals surface area contributed by atoms with Crippen molar-refractivity contribution in [1.29, 1.82) is 0 Å². The van der Waals surface area contributed by atoms with Crippen molar-refractivity contribution in [3.63, 3.8) is 0 Å². The summed E-state index contributed by atoms with van der Waals surface area (Å²) in [5.74, 6) is -0.458. The molecule has 0 radical (unpaired) electrons. The second kappa shape index (κ2) is 15.7. The molecule has 0 bridgehead atoms. The molecule has 1 aliphatic heterocycles. The van der Waals surface area contributed by atoms with Crippen molar-refractivity contribution < 1.29 is 19.2 Å². The van der Waals surface area contributed by atoms with Gasteiger partial charge in [-0.25, -0.2) is 14.6 Å². The van der Waals surface area contributed by atoms with Crippen molar-refractivity contribution in [3.05, 3.63) is 88.0 Å². The van der Waals surface area contributed by atoms with Gasteiger partial charge in [-0.1, -0.05) is 44.2 Å². The van der Waals surface area contributed by atoms with E-state index >= 15 is 0 Å². The summed E-state index contributed by atoms with van der Waals surface area (Å²) in [5.41, 5.74) is 1.43. The number of carbonyl (C=O) groups is 4. The number of hydrogen-bond acceptors (Lipinski definition) is 8. The molecule has 1 aliphatic rings. The van der Waals surface area contributed by atoms with E-state index in [-0.39, 0.29) is 61.0 Å². The molecule has 4 amide bonds. The molecule has 2 aromatic heterocycles. The van der Waals surface area contributed by atoms with Crippen LogP contribution in [-0.4, -0.2) is 78.5 Å². The summed E-state index contributed by atoms with van der Waals surface area (Å²) in [4.78, 5) is 77.0. The van der Waals surface area contributed by atoms with Gasteiger partial charge in [-0.05, 0) is 49.4 Å². The first-order valence-corrected chi connectivity index (χ1v) is 16.6. The first-order valence-electron chi connectivity index (χ1n) is 16.6. The lowest BCUT2D eigenvalue weighted by molar-refractivity contribution is -0.129. The van der Waals surface area contributed by atoms with Crippen molar-refractivity contribution in [2.24, 2.45) is 13.0 Å². The summed E-state index contributed by atoms with van der Waals surface area (Å²) in [6.07, 6.45) is 2.56. The molecule has 258 valence electrons. The Balaban J connectivity index is 1.41. The Morgan fingerprint density at radius 3 is 2.49 bits per heavy atom. The second-order valence-electron chi connectivity index (χ2n) is 12.7. The Morgan fingerprint density at radius 2 is 1.73 bits per heavy atom. The van der Waals surface area contributed by atoms with Crippen LogP contribution >= 0.6 is 0 Å². The molecule has 5 rings (SSSR count). The third-order valence-electron chi connectivity index (χ3n) is 8.49. The zero-order chi connectivity index (χ0) is 35.1. The van der Waals surface area contributed by atoms with Gasteiger partial charge in [-0.3, -0.25) is 24.0 Å². The molecule has 14 nitrogen and oxygen atoms in total. The van der Waals surface area contributed by atoms with Crippen molar-refractivity contribution in [2.45, 2.75) is 65.1 Å². The third-order valence-corrected chi connectivity index (χ3v) is 8.49. The van der Waals surface area contributed by atoms with Crippen LogP contribution in [0.15, 0.2) is 59.7 Å². The highest BCUT2D eigenvalue weighted by atomic mass is 16.2. The highest BCUT2D eigenvalue weighted by Crippen LogP contribution is 2.21. The Hall–Kier alpha value is -5.40. The molecule has 2 atom stereocenters. The molecule has 0 fully saturated rings. The van der Waals surface area contributed by atoms with E-state index in [4.69, 9.17) is 0 Å². The molecule has 0 unspecified atom stereocenters. The molecule has 0 aliphatic carbocycles. The first-order chi connectivity index (χ1) is 23.5. The number of aryl methyl sites for hydroxylation is 2. The number of aromatic nitrogens is 5. The standard InChI is InChI=1S/C35H43N9O5/c1-22(2)31-32-38-23(3)41-44(32)20-30(46)36-15-9-17-43(34(48)25-13-14-26-27(19-25)37-21-42(4)35(26)49)16-8-12-29(45)39-28(33(47)40-31)18-24-10-6-5-7-11-24/h5-7,10-11,13-14,19,21-22,28,31H,8-9,12,15-18,20H2,1-4H3,(H,36,46)(H,39,45)(H,40,47)/t28-,31+/m1/s1. The normalized spacial score (nSPS) is 18.6. The number of fused-ring (bicyclic) bond motifs is 2. The summed E-state index contributed by atoms with van der Waals surface area (Å²) in [6, 6.07) is 12.8. The topological polar surface area (TPSA) is 173 Å². The minimum absolute atomic E-state index is 0.0789. The van der Waals surface area contributed by atoms with Crippen LogP contribution in [-0.2, 0) is 34.4 Å². The Bertz CT molecular complexity index is 1890. The summed E-state index contributed by atoms with van der Waals surface area (Å²) in [6.45, 7) is 6.37. The van der Waals surface area contributed by atoms with Gasteiger partial charge < -0.3 is 25.4 Å². The Kier molecular flexibility index (Phi) is 11.2. The minimum Gasteiger partial charge on any atom is -0.354 e. The van der Waals surface area contributed by atoms with Crippen molar-refractivity contribution in [3.8, 4) is 0 Å². The monoisotopic (exact) mass is 669 g/mol. The maximum atomic E-state index is 13.8. The predicted molar refractivity (Wildman–Crippen MR) is 182 cm³/mol. The van der Waals surface area contributed by atoms with Crippen LogP contribution in [0.2, 0.25) is 0 Å². The maximum absolute atomic E-state index is 13.8. The highest BCUT2D eigenvalue weighted by molar-refractivity contribution is 5.97. The first kappa shape index (κ1) is 34.9. The van der Waals surface area contributed by atoms with E-state index in [1.807, 2.05) is 44.2 Å². The van der Waals surface area contributed by atoms with Crippen LogP contribution < -0.4 is 21.5 Å². The van der Waals surface area contributed by atoms with Crippen molar-refractivity contribution >= 4 is 34.5 Å². The molecule has 4 aromatic rings. The van der Waals surface area contributed by atoms with Gasteiger partial charge in [-0.15, -0.1) is 0 Å². The molecule has 0 saturated carbocycles. The lowest BCUT2D eigenvalue weighted by Crippen LogP contribution is -2.50. The SMILES string of the molecule is Cc1nc2n(n1)CC(=O)NCCCN(C(=O)c1ccc3c(=O)n(C)cnc3c1)CCCC(=O)N[C@H](Cc1ccccc1)C(=O)N[C@H]2C(C)C. The van der Waals surface area contributed by atoms with Crippen LogP contribution in [0.4, 0.5) is 0 Å². The van der Waals surface area contributed by atoms with Crippen LogP contribution in [0.3, 0.4) is 0 Å². The van der Waals surface area contributed by atoms with Gasteiger partial charge in [0.1, 0.15) is 18.4 Å². The van der Waals surface area contributed by atoms with E-state index in [2.05, 4.69) is 31.0 Å². The zero-order valence-corrected chi connectivity index (χ0v) is 28.3. The fraction of sp³-hybridized carbons (Fsp3) is 0.429. The molecular formula is C35H43N9O5. The zero-order valence-electron chi connectivity index (χ0n) is 28.3. The summed E-state index contributed by atoms with van der Waals surface area (Å²) in [5, 5.41) is 13.7. The number of rotatable bonds is 4. The molecule has 14 heteroatoms. The number of nitrogens with zero attached hydrogens (tertiary/aromatic N) is 6. The van der Waals surface area contributed by atoms with Gasteiger partial charge in [0.25, 0.3) is 11.5 Å². The van der Waals surface area contributed by atoms with Gasteiger partial charge >= 0.3 is 0 Å². The number of amides is 4. The van der Waals surface area contributed by atoms with E-state index in [0.717, 1.165) is 5.56 Å². The van der Waals surface area contributed by atoms with E-state index in [9.17, 15) is 24.0 Å². The van der Waals surface area contributed by atoms with Crippen molar-refractivity contribution in [2.75, 3.05) is 19.6 Å². The van der Waals surface area contributed by atoms with Crippen LogP contribution in [0.25, 0.3) is 10.9 Å². The molecule has 49 heavy (non-hydrogen) atoms. The Labute approximate surface area is 284 Å². The largest absolute Gasteiger partial charge is 0.354 e. The number of carbonyl (C=O) groups excluding carboxylic acids is 4. The van der Waals surface area contributed by atoms with Crippen LogP contribution in [0, 0.1) is 12.8 Å². The van der Waals surface area contributed by atoms with Gasteiger partial charge in [0.05, 0.1) is 23.3 Å².